The number of nitro groups is 1. The summed E-state index contributed by atoms with van der Waals surface area (Å²) in [5.41, 5.74) is 0.227. The molecular weight excluding hydrogens is 274 g/mol. The number of rotatable bonds is 5. The number of benzene rings is 1. The van der Waals surface area contributed by atoms with Gasteiger partial charge in [-0.15, -0.1) is 11.6 Å². The van der Waals surface area contributed by atoms with Crippen molar-refractivity contribution in [1.82, 2.24) is 10.1 Å². The number of ether oxygens (including phenoxy) is 1. The van der Waals surface area contributed by atoms with Crippen molar-refractivity contribution in [2.45, 2.75) is 12.8 Å². The molecule has 1 heterocycles. The van der Waals surface area contributed by atoms with E-state index in [1.54, 1.807) is 13.0 Å². The minimum Gasteiger partial charge on any atom is -0.487 e. The maximum Gasteiger partial charge on any atom is 0.311 e. The first-order valence-corrected chi connectivity index (χ1v) is 6.00. The zero-order valence-corrected chi connectivity index (χ0v) is 10.8. The van der Waals surface area contributed by atoms with Gasteiger partial charge in [-0.2, -0.15) is 4.98 Å². The summed E-state index contributed by atoms with van der Waals surface area (Å²) >= 11 is 5.59. The lowest BCUT2D eigenvalue weighted by atomic mass is 10.1. The second-order valence-electron chi connectivity index (χ2n) is 3.49. The highest BCUT2D eigenvalue weighted by atomic mass is 35.5. The Labute approximate surface area is 113 Å². The second kappa shape index (κ2) is 5.66. The Bertz CT molecular complexity index is 599. The first kappa shape index (κ1) is 13.3. The largest absolute Gasteiger partial charge is 0.487 e. The van der Waals surface area contributed by atoms with E-state index >= 15 is 0 Å². The number of hydrogen-bond donors (Lipinski definition) is 0. The Balaban J connectivity index is 2.55. The van der Waals surface area contributed by atoms with Crippen molar-refractivity contribution in [2.24, 2.45) is 0 Å². The summed E-state index contributed by atoms with van der Waals surface area (Å²) < 4.78 is 10.3. The highest BCUT2D eigenvalue weighted by Crippen LogP contribution is 2.37. The lowest BCUT2D eigenvalue weighted by Gasteiger charge is -2.07. The van der Waals surface area contributed by atoms with Crippen LogP contribution in [0.25, 0.3) is 11.5 Å². The molecule has 7 nitrogen and oxygen atoms in total. The Morgan fingerprint density at radius 3 is 2.89 bits per heavy atom. The van der Waals surface area contributed by atoms with Crippen molar-refractivity contribution in [1.29, 1.82) is 0 Å². The molecule has 2 rings (SSSR count). The normalized spacial score (nSPS) is 10.4. The van der Waals surface area contributed by atoms with Gasteiger partial charge in [0.2, 0.25) is 5.75 Å². The molecule has 0 saturated heterocycles. The van der Waals surface area contributed by atoms with Crippen LogP contribution >= 0.6 is 11.6 Å². The van der Waals surface area contributed by atoms with Gasteiger partial charge in [0.15, 0.2) is 5.82 Å². The molecule has 0 bridgehead atoms. The molecule has 1 aromatic heterocycles. The van der Waals surface area contributed by atoms with Gasteiger partial charge in [0, 0.05) is 6.07 Å². The van der Waals surface area contributed by atoms with Crippen molar-refractivity contribution in [2.75, 3.05) is 6.61 Å². The maximum absolute atomic E-state index is 11.0. The van der Waals surface area contributed by atoms with Crippen LogP contribution in [-0.2, 0) is 5.88 Å². The van der Waals surface area contributed by atoms with Gasteiger partial charge in [0.1, 0.15) is 0 Å². The van der Waals surface area contributed by atoms with Gasteiger partial charge in [0.05, 0.1) is 23.0 Å². The smallest absolute Gasteiger partial charge is 0.311 e. The van der Waals surface area contributed by atoms with E-state index in [0.717, 1.165) is 0 Å². The third-order valence-corrected chi connectivity index (χ3v) is 2.54. The summed E-state index contributed by atoms with van der Waals surface area (Å²) in [7, 11) is 0. The fourth-order valence-corrected chi connectivity index (χ4v) is 1.66. The number of para-hydroxylation sites is 1. The highest BCUT2D eigenvalue weighted by molar-refractivity contribution is 6.16. The van der Waals surface area contributed by atoms with Gasteiger partial charge in [-0.3, -0.25) is 10.1 Å². The van der Waals surface area contributed by atoms with Crippen LogP contribution < -0.4 is 4.74 Å². The molecule has 0 N–H and O–H groups in total. The van der Waals surface area contributed by atoms with E-state index in [-0.39, 0.29) is 29.8 Å². The van der Waals surface area contributed by atoms with E-state index in [1.807, 2.05) is 0 Å². The van der Waals surface area contributed by atoms with Crippen LogP contribution in [-0.4, -0.2) is 21.7 Å². The van der Waals surface area contributed by atoms with E-state index in [0.29, 0.717) is 11.4 Å². The molecule has 0 aliphatic heterocycles. The average Bonchev–Trinajstić information content (AvgIpc) is 2.87. The van der Waals surface area contributed by atoms with Crippen LogP contribution in [0.5, 0.6) is 5.75 Å². The first-order chi connectivity index (χ1) is 9.17. The van der Waals surface area contributed by atoms with Crippen molar-refractivity contribution >= 4 is 17.3 Å². The molecule has 2 aromatic rings. The maximum atomic E-state index is 11.0. The third-order valence-electron chi connectivity index (χ3n) is 2.30. The zero-order chi connectivity index (χ0) is 13.8. The Hall–Kier alpha value is -2.15. The lowest BCUT2D eigenvalue weighted by Crippen LogP contribution is -1.99. The molecule has 0 radical (unpaired) electrons. The van der Waals surface area contributed by atoms with Gasteiger partial charge in [0.25, 0.3) is 5.89 Å². The highest BCUT2D eigenvalue weighted by Gasteiger charge is 2.23. The van der Waals surface area contributed by atoms with Gasteiger partial charge in [-0.1, -0.05) is 11.2 Å². The lowest BCUT2D eigenvalue weighted by molar-refractivity contribution is -0.385. The van der Waals surface area contributed by atoms with Crippen molar-refractivity contribution < 1.29 is 14.2 Å². The van der Waals surface area contributed by atoms with Crippen molar-refractivity contribution in [3.63, 3.8) is 0 Å². The quantitative estimate of drug-likeness (QED) is 0.476. The topological polar surface area (TPSA) is 91.3 Å². The van der Waals surface area contributed by atoms with Crippen molar-refractivity contribution in [3.05, 3.63) is 34.1 Å². The van der Waals surface area contributed by atoms with Crippen molar-refractivity contribution in [3.8, 4) is 17.2 Å². The van der Waals surface area contributed by atoms with E-state index < -0.39 is 4.92 Å². The molecule has 0 atom stereocenters. The van der Waals surface area contributed by atoms with Gasteiger partial charge in [-0.25, -0.2) is 0 Å². The Kier molecular flexibility index (Phi) is 3.96. The minimum atomic E-state index is -0.521. The van der Waals surface area contributed by atoms with Crippen LogP contribution in [0.3, 0.4) is 0 Å². The summed E-state index contributed by atoms with van der Waals surface area (Å²) in [4.78, 5) is 14.5. The molecule has 0 unspecified atom stereocenters. The van der Waals surface area contributed by atoms with Crippen LogP contribution in [0.2, 0.25) is 0 Å². The summed E-state index contributed by atoms with van der Waals surface area (Å²) in [6, 6.07) is 4.50. The molecule has 1 aromatic carbocycles. The molecule has 19 heavy (non-hydrogen) atoms. The number of aromatic nitrogens is 2. The van der Waals surface area contributed by atoms with Gasteiger partial charge < -0.3 is 9.26 Å². The zero-order valence-electron chi connectivity index (χ0n) is 10.00. The average molecular weight is 284 g/mol. The molecule has 0 spiro atoms. The van der Waals surface area contributed by atoms with Gasteiger partial charge in [-0.05, 0) is 13.0 Å². The van der Waals surface area contributed by atoms with Gasteiger partial charge >= 0.3 is 5.69 Å². The molecule has 0 aliphatic carbocycles. The molecule has 100 valence electrons. The molecule has 0 amide bonds. The number of alkyl halides is 1. The number of nitrogens with zero attached hydrogens (tertiary/aromatic N) is 3. The summed E-state index contributed by atoms with van der Waals surface area (Å²) in [6.07, 6.45) is 0. The van der Waals surface area contributed by atoms with E-state index in [1.165, 1.54) is 12.1 Å². The second-order valence-corrected chi connectivity index (χ2v) is 3.76. The van der Waals surface area contributed by atoms with Crippen LogP contribution in [0.15, 0.2) is 22.7 Å². The summed E-state index contributed by atoms with van der Waals surface area (Å²) in [5.74, 6) is 0.663. The summed E-state index contributed by atoms with van der Waals surface area (Å²) in [5, 5.41) is 14.6. The Morgan fingerprint density at radius 1 is 1.53 bits per heavy atom. The molecule has 8 heteroatoms. The number of halogens is 1. The molecular formula is C11H10ClN3O4. The van der Waals surface area contributed by atoms with Crippen LogP contribution in [0.4, 0.5) is 5.69 Å². The predicted molar refractivity (Wildman–Crippen MR) is 67.1 cm³/mol. The first-order valence-electron chi connectivity index (χ1n) is 5.46. The fourth-order valence-electron chi connectivity index (χ4n) is 1.55. The van der Waals surface area contributed by atoms with Crippen LogP contribution in [0.1, 0.15) is 12.7 Å². The minimum absolute atomic E-state index is 0.0996. The predicted octanol–water partition coefficient (Wildman–Crippen LogP) is 2.78. The molecule has 0 saturated carbocycles. The number of nitro benzene ring substituents is 1. The van der Waals surface area contributed by atoms with Crippen LogP contribution in [0, 0.1) is 10.1 Å². The summed E-state index contributed by atoms with van der Waals surface area (Å²) in [6.45, 7) is 2.02. The molecule has 0 fully saturated rings. The monoisotopic (exact) mass is 283 g/mol. The third kappa shape index (κ3) is 2.65. The molecule has 0 aliphatic rings. The fraction of sp³-hybridized carbons (Fsp3) is 0.273. The van der Waals surface area contributed by atoms with E-state index in [9.17, 15) is 10.1 Å². The van der Waals surface area contributed by atoms with E-state index in [4.69, 9.17) is 20.9 Å². The number of hydrogen-bond acceptors (Lipinski definition) is 6. The SMILES string of the molecule is CCOc1c(-c2nc(CCl)no2)cccc1[N+](=O)[O-]. The Morgan fingerprint density at radius 2 is 2.32 bits per heavy atom. The van der Waals surface area contributed by atoms with E-state index in [2.05, 4.69) is 10.1 Å². The standard InChI is InChI=1S/C11H10ClN3O4/c1-2-18-10-7(4-3-5-8(10)15(16)17)11-13-9(6-12)14-19-11/h3-5H,2,6H2,1H3.